The number of hydrogen-bond acceptors (Lipinski definition) is 3. The third-order valence-electron chi connectivity index (χ3n) is 5.36. The summed E-state index contributed by atoms with van der Waals surface area (Å²) in [7, 11) is 0. The average molecular weight is 462 g/mol. The monoisotopic (exact) mass is 461 g/mol. The zero-order valence-corrected chi connectivity index (χ0v) is 19.4. The summed E-state index contributed by atoms with van der Waals surface area (Å²) in [4.78, 5) is 41.7. The van der Waals surface area contributed by atoms with E-state index < -0.39 is 23.0 Å². The van der Waals surface area contributed by atoms with Gasteiger partial charge in [-0.05, 0) is 51.0 Å². The van der Waals surface area contributed by atoms with Gasteiger partial charge in [0.1, 0.15) is 12.1 Å². The lowest BCUT2D eigenvalue weighted by atomic mass is 9.92. The summed E-state index contributed by atoms with van der Waals surface area (Å²) in [6.07, 6.45) is 0. The van der Waals surface area contributed by atoms with E-state index in [-0.39, 0.29) is 17.5 Å². The Morgan fingerprint density at radius 2 is 1.71 bits per heavy atom. The van der Waals surface area contributed by atoms with Gasteiger partial charge in [0.05, 0.1) is 10.0 Å². The predicted molar refractivity (Wildman–Crippen MR) is 121 cm³/mol. The molecule has 1 aliphatic heterocycles. The number of carbonyl (C=O) groups is 3. The lowest BCUT2D eigenvalue weighted by Gasteiger charge is -2.36. The van der Waals surface area contributed by atoms with Gasteiger partial charge < -0.3 is 10.2 Å². The standard InChI is InChI=1S/C23H25Cl2N3O3/c1-22(2,3)28(13-15-8-6-5-7-9-15)19(29)14-27-20(30)23(4,26-21(27)31)16-10-11-17(24)18(25)12-16/h5-12H,13-14H2,1-4H3,(H,26,31). The number of urea groups is 1. The fourth-order valence-electron chi connectivity index (χ4n) is 3.53. The van der Waals surface area contributed by atoms with Gasteiger partial charge in [-0.15, -0.1) is 0 Å². The third-order valence-corrected chi connectivity index (χ3v) is 6.10. The fraction of sp³-hybridized carbons (Fsp3) is 0.348. The van der Waals surface area contributed by atoms with Gasteiger partial charge in [0.2, 0.25) is 5.91 Å². The van der Waals surface area contributed by atoms with E-state index >= 15 is 0 Å². The molecule has 1 fully saturated rings. The highest BCUT2D eigenvalue weighted by atomic mass is 35.5. The first-order valence-corrected chi connectivity index (χ1v) is 10.6. The summed E-state index contributed by atoms with van der Waals surface area (Å²) in [5.41, 5.74) is -0.382. The molecule has 2 aromatic carbocycles. The maximum absolute atomic E-state index is 13.2. The van der Waals surface area contributed by atoms with Crippen LogP contribution in [0.3, 0.4) is 0 Å². The van der Waals surface area contributed by atoms with Crippen LogP contribution < -0.4 is 5.32 Å². The van der Waals surface area contributed by atoms with Gasteiger partial charge in [-0.3, -0.25) is 14.5 Å². The quantitative estimate of drug-likeness (QED) is 0.661. The van der Waals surface area contributed by atoms with Crippen molar-refractivity contribution in [1.29, 1.82) is 0 Å². The van der Waals surface area contributed by atoms with Crippen molar-refractivity contribution in [2.45, 2.75) is 45.3 Å². The molecule has 0 saturated carbocycles. The van der Waals surface area contributed by atoms with Crippen LogP contribution in [0.15, 0.2) is 48.5 Å². The second kappa shape index (κ2) is 8.52. The molecule has 0 spiro atoms. The number of nitrogens with zero attached hydrogens (tertiary/aromatic N) is 2. The summed E-state index contributed by atoms with van der Waals surface area (Å²) in [6.45, 7) is 7.35. The summed E-state index contributed by atoms with van der Waals surface area (Å²) < 4.78 is 0. The lowest BCUT2D eigenvalue weighted by Crippen LogP contribution is -2.50. The molecule has 1 atom stereocenters. The average Bonchev–Trinajstić information content (AvgIpc) is 2.92. The first kappa shape index (κ1) is 23.1. The van der Waals surface area contributed by atoms with E-state index in [2.05, 4.69) is 5.32 Å². The Kier molecular flexibility index (Phi) is 6.35. The SMILES string of the molecule is CC1(c2ccc(Cl)c(Cl)c2)NC(=O)N(CC(=O)N(Cc2ccccc2)C(C)(C)C)C1=O. The van der Waals surface area contributed by atoms with Crippen LogP contribution >= 0.6 is 23.2 Å². The van der Waals surface area contributed by atoms with Gasteiger partial charge in [-0.1, -0.05) is 59.6 Å². The first-order valence-electron chi connectivity index (χ1n) is 9.87. The van der Waals surface area contributed by atoms with E-state index in [1.807, 2.05) is 51.1 Å². The van der Waals surface area contributed by atoms with Gasteiger partial charge >= 0.3 is 6.03 Å². The molecule has 31 heavy (non-hydrogen) atoms. The number of imide groups is 1. The molecule has 0 aliphatic carbocycles. The molecule has 4 amide bonds. The van der Waals surface area contributed by atoms with Gasteiger partial charge in [0, 0.05) is 12.1 Å². The van der Waals surface area contributed by atoms with Crippen molar-refractivity contribution >= 4 is 41.0 Å². The number of benzene rings is 2. The van der Waals surface area contributed by atoms with Crippen LogP contribution in [0.25, 0.3) is 0 Å². The Morgan fingerprint density at radius 3 is 2.29 bits per heavy atom. The molecule has 0 bridgehead atoms. The Bertz CT molecular complexity index is 1020. The number of rotatable bonds is 5. The van der Waals surface area contributed by atoms with E-state index in [1.165, 1.54) is 0 Å². The molecule has 1 aliphatic rings. The van der Waals surface area contributed by atoms with Crippen molar-refractivity contribution in [3.05, 3.63) is 69.7 Å². The second-order valence-corrected chi connectivity index (χ2v) is 9.53. The summed E-state index contributed by atoms with van der Waals surface area (Å²) in [5.74, 6) is -0.837. The lowest BCUT2D eigenvalue weighted by molar-refractivity contribution is -0.142. The Morgan fingerprint density at radius 1 is 1.06 bits per heavy atom. The molecule has 0 radical (unpaired) electrons. The summed E-state index contributed by atoms with van der Waals surface area (Å²) in [6, 6.07) is 13.7. The molecule has 164 valence electrons. The summed E-state index contributed by atoms with van der Waals surface area (Å²) in [5, 5.41) is 3.31. The van der Waals surface area contributed by atoms with Crippen LogP contribution in [0.1, 0.15) is 38.8 Å². The predicted octanol–water partition coefficient (Wildman–Crippen LogP) is 4.59. The molecule has 2 aromatic rings. The zero-order chi connectivity index (χ0) is 23.0. The van der Waals surface area contributed by atoms with Gasteiger partial charge in [-0.2, -0.15) is 0 Å². The van der Waals surface area contributed by atoms with Crippen LogP contribution in [0.2, 0.25) is 10.0 Å². The molecule has 6 nitrogen and oxygen atoms in total. The fourth-order valence-corrected chi connectivity index (χ4v) is 3.83. The van der Waals surface area contributed by atoms with Crippen molar-refractivity contribution in [2.75, 3.05) is 6.54 Å². The normalized spacial score (nSPS) is 18.8. The minimum atomic E-state index is -1.34. The third kappa shape index (κ3) is 4.70. The number of hydrogen-bond donors (Lipinski definition) is 1. The van der Waals surface area contributed by atoms with Gasteiger partial charge in [-0.25, -0.2) is 4.79 Å². The Balaban J connectivity index is 1.83. The number of halogens is 2. The number of nitrogens with one attached hydrogen (secondary N) is 1. The largest absolute Gasteiger partial charge is 0.332 e. The van der Waals surface area contributed by atoms with E-state index in [0.29, 0.717) is 17.1 Å². The molecule has 8 heteroatoms. The Hall–Kier alpha value is -2.57. The minimum absolute atomic E-state index is 0.277. The van der Waals surface area contributed by atoms with Crippen LogP contribution in [0, 0.1) is 0 Å². The van der Waals surface area contributed by atoms with Crippen LogP contribution in [0.4, 0.5) is 4.79 Å². The molecule has 1 saturated heterocycles. The maximum atomic E-state index is 13.2. The van der Waals surface area contributed by atoms with Crippen molar-refractivity contribution < 1.29 is 14.4 Å². The molecular formula is C23H25Cl2N3O3. The van der Waals surface area contributed by atoms with Crippen LogP contribution in [-0.2, 0) is 21.7 Å². The molecule has 1 unspecified atom stereocenters. The van der Waals surface area contributed by atoms with E-state index in [0.717, 1.165) is 10.5 Å². The second-order valence-electron chi connectivity index (χ2n) is 8.71. The number of carbonyl (C=O) groups excluding carboxylic acids is 3. The van der Waals surface area contributed by atoms with Crippen molar-refractivity contribution in [1.82, 2.24) is 15.1 Å². The number of amides is 4. The highest BCUT2D eigenvalue weighted by Crippen LogP contribution is 2.33. The molecule has 1 N–H and O–H groups in total. The van der Waals surface area contributed by atoms with Gasteiger partial charge in [0.15, 0.2) is 0 Å². The van der Waals surface area contributed by atoms with Gasteiger partial charge in [0.25, 0.3) is 5.91 Å². The van der Waals surface area contributed by atoms with E-state index in [9.17, 15) is 14.4 Å². The maximum Gasteiger partial charge on any atom is 0.325 e. The van der Waals surface area contributed by atoms with Crippen molar-refractivity contribution in [3.8, 4) is 0 Å². The van der Waals surface area contributed by atoms with Crippen LogP contribution in [0.5, 0.6) is 0 Å². The summed E-state index contributed by atoms with van der Waals surface area (Å²) >= 11 is 12.1. The minimum Gasteiger partial charge on any atom is -0.332 e. The van der Waals surface area contributed by atoms with Crippen molar-refractivity contribution in [2.24, 2.45) is 0 Å². The molecular weight excluding hydrogens is 437 g/mol. The zero-order valence-electron chi connectivity index (χ0n) is 17.9. The van der Waals surface area contributed by atoms with Crippen molar-refractivity contribution in [3.63, 3.8) is 0 Å². The molecule has 0 aromatic heterocycles. The molecule has 3 rings (SSSR count). The highest BCUT2D eigenvalue weighted by molar-refractivity contribution is 6.42. The smallest absolute Gasteiger partial charge is 0.325 e. The van der Waals surface area contributed by atoms with E-state index in [4.69, 9.17) is 23.2 Å². The topological polar surface area (TPSA) is 69.7 Å². The molecule has 1 heterocycles. The first-order chi connectivity index (χ1) is 14.4. The highest BCUT2D eigenvalue weighted by Gasteiger charge is 2.50. The van der Waals surface area contributed by atoms with Crippen LogP contribution in [-0.4, -0.2) is 39.7 Å². The Labute approximate surface area is 192 Å². The van der Waals surface area contributed by atoms with E-state index in [1.54, 1.807) is 30.0 Å².